The molecular formula is C20H29Cl2N3O2. The van der Waals surface area contributed by atoms with Gasteiger partial charge in [-0.15, -0.1) is 12.4 Å². The second-order valence-electron chi connectivity index (χ2n) is 7.76. The topological polar surface area (TPSA) is 61.4 Å². The maximum atomic E-state index is 13.1. The zero-order valence-corrected chi connectivity index (χ0v) is 17.5. The highest BCUT2D eigenvalue weighted by molar-refractivity contribution is 6.33. The van der Waals surface area contributed by atoms with Crippen molar-refractivity contribution in [3.8, 4) is 0 Å². The minimum atomic E-state index is -0.533. The van der Waals surface area contributed by atoms with E-state index in [1.807, 2.05) is 18.7 Å². The summed E-state index contributed by atoms with van der Waals surface area (Å²) in [5.74, 6) is 1.08. The summed E-state index contributed by atoms with van der Waals surface area (Å²) in [7, 11) is 0. The summed E-state index contributed by atoms with van der Waals surface area (Å²) in [5.41, 5.74) is 0.407. The van der Waals surface area contributed by atoms with Gasteiger partial charge in [0.25, 0.3) is 5.91 Å². The van der Waals surface area contributed by atoms with Gasteiger partial charge in [-0.1, -0.05) is 37.6 Å². The van der Waals surface area contributed by atoms with Gasteiger partial charge in [0.15, 0.2) is 0 Å². The van der Waals surface area contributed by atoms with Crippen LogP contribution >= 0.6 is 24.0 Å². The molecule has 2 heterocycles. The highest BCUT2D eigenvalue weighted by Crippen LogP contribution is 2.27. The Kier molecular flexibility index (Phi) is 7.95. The van der Waals surface area contributed by atoms with Crippen LogP contribution in [0.4, 0.5) is 0 Å². The third kappa shape index (κ3) is 5.15. The molecule has 0 aromatic heterocycles. The van der Waals surface area contributed by atoms with E-state index in [9.17, 15) is 9.59 Å². The van der Waals surface area contributed by atoms with Crippen LogP contribution < -0.4 is 10.6 Å². The van der Waals surface area contributed by atoms with Crippen LogP contribution in [0.2, 0.25) is 5.02 Å². The Balaban J connectivity index is 0.00000261. The third-order valence-electron chi connectivity index (χ3n) is 5.67. The molecule has 0 radical (unpaired) electrons. The van der Waals surface area contributed by atoms with Crippen molar-refractivity contribution in [1.82, 2.24) is 15.5 Å². The fourth-order valence-electron chi connectivity index (χ4n) is 4.01. The van der Waals surface area contributed by atoms with E-state index in [0.29, 0.717) is 22.4 Å². The molecule has 0 saturated carbocycles. The quantitative estimate of drug-likeness (QED) is 0.797. The van der Waals surface area contributed by atoms with E-state index in [4.69, 9.17) is 11.6 Å². The number of carbonyl (C=O) groups excluding carboxylic acids is 2. The number of nitrogens with one attached hydrogen (secondary N) is 2. The molecule has 2 aliphatic heterocycles. The zero-order chi connectivity index (χ0) is 18.7. The maximum absolute atomic E-state index is 13.1. The summed E-state index contributed by atoms with van der Waals surface area (Å²) in [6.07, 6.45) is 2.07. The molecule has 3 rings (SSSR count). The number of hydrogen-bond acceptors (Lipinski definition) is 3. The van der Waals surface area contributed by atoms with Crippen molar-refractivity contribution in [2.75, 3.05) is 26.2 Å². The van der Waals surface area contributed by atoms with Crippen LogP contribution in [0.5, 0.6) is 0 Å². The van der Waals surface area contributed by atoms with Gasteiger partial charge in [-0.2, -0.15) is 0 Å². The van der Waals surface area contributed by atoms with Crippen LogP contribution in [0.25, 0.3) is 0 Å². The Morgan fingerprint density at radius 2 is 1.74 bits per heavy atom. The van der Waals surface area contributed by atoms with E-state index < -0.39 is 6.04 Å². The highest BCUT2D eigenvalue weighted by Gasteiger charge is 2.34. The standard InChI is InChI=1S/C20H28ClN3O2.ClH/c1-13(2)18(23-19(25)16-5-3-4-6-17(16)21)20(26)24-9-7-14-11-22-12-15(14)8-10-24;/h3-6,13-15,18,22H,7-12H2,1-2H3,(H,23,25);1H/t14-,15+,18?;. The lowest BCUT2D eigenvalue weighted by atomic mass is 9.92. The van der Waals surface area contributed by atoms with Gasteiger partial charge in [-0.3, -0.25) is 9.59 Å². The first kappa shape index (κ1) is 22.0. The molecule has 0 bridgehead atoms. The van der Waals surface area contributed by atoms with Crippen LogP contribution in [0.3, 0.4) is 0 Å². The molecule has 5 nitrogen and oxygen atoms in total. The first-order chi connectivity index (χ1) is 12.5. The minimum Gasteiger partial charge on any atom is -0.341 e. The van der Waals surface area contributed by atoms with E-state index in [1.54, 1.807) is 24.3 Å². The molecule has 7 heteroatoms. The van der Waals surface area contributed by atoms with Crippen molar-refractivity contribution in [3.63, 3.8) is 0 Å². The Morgan fingerprint density at radius 3 is 2.30 bits per heavy atom. The lowest BCUT2D eigenvalue weighted by molar-refractivity contribution is -0.134. The number of rotatable bonds is 4. The summed E-state index contributed by atoms with van der Waals surface area (Å²) in [6.45, 7) is 7.59. The van der Waals surface area contributed by atoms with Crippen molar-refractivity contribution < 1.29 is 9.59 Å². The van der Waals surface area contributed by atoms with Crippen LogP contribution in [0.1, 0.15) is 37.0 Å². The van der Waals surface area contributed by atoms with Crippen molar-refractivity contribution in [2.24, 2.45) is 17.8 Å². The number of carbonyl (C=O) groups is 2. The van der Waals surface area contributed by atoms with E-state index in [1.165, 1.54) is 0 Å². The van der Waals surface area contributed by atoms with E-state index in [0.717, 1.165) is 39.0 Å². The molecule has 1 aromatic rings. The van der Waals surface area contributed by atoms with Gasteiger partial charge in [0.05, 0.1) is 10.6 Å². The number of amides is 2. The third-order valence-corrected chi connectivity index (χ3v) is 6.00. The van der Waals surface area contributed by atoms with E-state index in [-0.39, 0.29) is 30.1 Å². The number of likely N-dealkylation sites (tertiary alicyclic amines) is 1. The number of hydrogen-bond donors (Lipinski definition) is 2. The summed E-state index contributed by atoms with van der Waals surface area (Å²) < 4.78 is 0. The number of benzene rings is 1. The predicted octanol–water partition coefficient (Wildman–Crippen LogP) is 2.97. The van der Waals surface area contributed by atoms with Gasteiger partial charge in [0.1, 0.15) is 6.04 Å². The van der Waals surface area contributed by atoms with Gasteiger partial charge < -0.3 is 15.5 Å². The Bertz CT molecular complexity index is 654. The lowest BCUT2D eigenvalue weighted by Crippen LogP contribution is -2.51. The summed E-state index contributed by atoms with van der Waals surface area (Å²) in [5, 5.41) is 6.77. The predicted molar refractivity (Wildman–Crippen MR) is 110 cm³/mol. The molecule has 0 spiro atoms. The zero-order valence-electron chi connectivity index (χ0n) is 15.9. The van der Waals surface area contributed by atoms with Gasteiger partial charge in [0, 0.05) is 13.1 Å². The molecule has 1 aromatic carbocycles. The molecule has 2 saturated heterocycles. The fourth-order valence-corrected chi connectivity index (χ4v) is 4.23. The van der Waals surface area contributed by atoms with Crippen LogP contribution in [-0.2, 0) is 4.79 Å². The van der Waals surface area contributed by atoms with E-state index >= 15 is 0 Å². The lowest BCUT2D eigenvalue weighted by Gasteiger charge is -2.29. The van der Waals surface area contributed by atoms with Crippen LogP contribution in [-0.4, -0.2) is 48.9 Å². The summed E-state index contributed by atoms with van der Waals surface area (Å²) >= 11 is 6.12. The van der Waals surface area contributed by atoms with Crippen molar-refractivity contribution in [3.05, 3.63) is 34.9 Å². The van der Waals surface area contributed by atoms with Crippen LogP contribution in [0.15, 0.2) is 24.3 Å². The molecule has 2 aliphatic rings. The average Bonchev–Trinajstić information content (AvgIpc) is 2.97. The Labute approximate surface area is 172 Å². The van der Waals surface area contributed by atoms with Crippen LogP contribution in [0, 0.1) is 17.8 Å². The largest absolute Gasteiger partial charge is 0.341 e. The van der Waals surface area contributed by atoms with Crippen molar-refractivity contribution >= 4 is 35.8 Å². The summed E-state index contributed by atoms with van der Waals surface area (Å²) in [4.78, 5) is 27.7. The number of fused-ring (bicyclic) bond motifs is 1. The summed E-state index contributed by atoms with van der Waals surface area (Å²) in [6, 6.07) is 6.39. The molecule has 2 amide bonds. The molecular weight excluding hydrogens is 385 g/mol. The van der Waals surface area contributed by atoms with Gasteiger partial charge in [-0.25, -0.2) is 0 Å². The van der Waals surface area contributed by atoms with E-state index in [2.05, 4.69) is 10.6 Å². The maximum Gasteiger partial charge on any atom is 0.253 e. The van der Waals surface area contributed by atoms with Gasteiger partial charge in [0.2, 0.25) is 5.91 Å². The smallest absolute Gasteiger partial charge is 0.253 e. The highest BCUT2D eigenvalue weighted by atomic mass is 35.5. The molecule has 2 N–H and O–H groups in total. The van der Waals surface area contributed by atoms with Gasteiger partial charge >= 0.3 is 0 Å². The van der Waals surface area contributed by atoms with Gasteiger partial charge in [-0.05, 0) is 55.8 Å². The minimum absolute atomic E-state index is 0. The fraction of sp³-hybridized carbons (Fsp3) is 0.600. The molecule has 150 valence electrons. The monoisotopic (exact) mass is 413 g/mol. The SMILES string of the molecule is CC(C)C(NC(=O)c1ccccc1Cl)C(=O)N1CC[C@@H]2CNC[C@@H]2CC1.Cl. The normalized spacial score (nSPS) is 23.2. The Hall–Kier alpha value is -1.30. The second kappa shape index (κ2) is 9.76. The number of halogens is 2. The average molecular weight is 414 g/mol. The first-order valence-corrected chi connectivity index (χ1v) is 9.90. The Morgan fingerprint density at radius 1 is 1.15 bits per heavy atom. The van der Waals surface area contributed by atoms with Crippen molar-refractivity contribution in [2.45, 2.75) is 32.7 Å². The van der Waals surface area contributed by atoms with Crippen molar-refractivity contribution in [1.29, 1.82) is 0 Å². The molecule has 3 atom stereocenters. The molecule has 1 unspecified atom stereocenters. The number of nitrogens with zero attached hydrogens (tertiary/aromatic N) is 1. The molecule has 2 fully saturated rings. The molecule has 0 aliphatic carbocycles. The first-order valence-electron chi connectivity index (χ1n) is 9.52. The second-order valence-corrected chi connectivity index (χ2v) is 8.16. The molecule has 27 heavy (non-hydrogen) atoms.